The summed E-state index contributed by atoms with van der Waals surface area (Å²) in [6.07, 6.45) is 0. The molecule has 1 aromatic carbocycles. The fourth-order valence-electron chi connectivity index (χ4n) is 1.17. The Hall–Kier alpha value is -1.15. The average Bonchev–Trinajstić information content (AvgIpc) is 2.80. The number of hydrogen-bond acceptors (Lipinski definition) is 5. The van der Waals surface area contributed by atoms with Gasteiger partial charge in [0.25, 0.3) is 0 Å². The van der Waals surface area contributed by atoms with Crippen LogP contribution in [-0.4, -0.2) is 23.2 Å². The number of ether oxygens (including phenoxy) is 1. The van der Waals surface area contributed by atoms with Crippen molar-refractivity contribution in [2.45, 2.75) is 0 Å². The molecule has 5 nitrogen and oxygen atoms in total. The van der Waals surface area contributed by atoms with Crippen LogP contribution >= 0.6 is 34.2 Å². The summed E-state index contributed by atoms with van der Waals surface area (Å²) in [5.41, 5.74) is 0.609. The van der Waals surface area contributed by atoms with Crippen LogP contribution in [0, 0.1) is 3.57 Å². The van der Waals surface area contributed by atoms with Crippen LogP contribution in [0.3, 0.4) is 0 Å². The molecule has 0 N–H and O–H groups in total. The quantitative estimate of drug-likeness (QED) is 0.605. The molecule has 0 aliphatic heterocycles. The van der Waals surface area contributed by atoms with Gasteiger partial charge in [0.1, 0.15) is 0 Å². The number of benzene rings is 1. The van der Waals surface area contributed by atoms with E-state index < -0.39 is 5.97 Å². The molecular formula is C10H6ClIN2O3. The lowest BCUT2D eigenvalue weighted by atomic mass is 10.2. The van der Waals surface area contributed by atoms with Crippen LogP contribution in [-0.2, 0) is 4.74 Å². The van der Waals surface area contributed by atoms with Gasteiger partial charge in [-0.15, -0.1) is 0 Å². The van der Waals surface area contributed by atoms with E-state index >= 15 is 0 Å². The van der Waals surface area contributed by atoms with Crippen molar-refractivity contribution in [2.75, 3.05) is 7.11 Å². The van der Waals surface area contributed by atoms with Crippen molar-refractivity contribution < 1.29 is 14.1 Å². The molecule has 0 aliphatic rings. The number of hydrogen-bond donors (Lipinski definition) is 0. The molecule has 88 valence electrons. The van der Waals surface area contributed by atoms with Crippen molar-refractivity contribution in [1.29, 1.82) is 0 Å². The number of halogens is 2. The molecule has 0 unspecified atom stereocenters. The summed E-state index contributed by atoms with van der Waals surface area (Å²) in [6.45, 7) is 0. The monoisotopic (exact) mass is 364 g/mol. The minimum absolute atomic E-state index is 0.197. The van der Waals surface area contributed by atoms with E-state index in [-0.39, 0.29) is 11.7 Å². The minimum atomic E-state index is -0.675. The van der Waals surface area contributed by atoms with Gasteiger partial charge in [-0.25, -0.2) is 4.79 Å². The van der Waals surface area contributed by atoms with Gasteiger partial charge < -0.3 is 9.26 Å². The Bertz CT molecular complexity index is 570. The molecule has 0 saturated heterocycles. The maximum atomic E-state index is 11.2. The molecule has 0 fully saturated rings. The maximum Gasteiger partial charge on any atom is 0.397 e. The highest BCUT2D eigenvalue weighted by molar-refractivity contribution is 14.1. The summed E-state index contributed by atoms with van der Waals surface area (Å²) in [7, 11) is 1.24. The largest absolute Gasteiger partial charge is 0.462 e. The van der Waals surface area contributed by atoms with Crippen molar-refractivity contribution in [3.8, 4) is 11.4 Å². The van der Waals surface area contributed by atoms with Gasteiger partial charge in [-0.05, 0) is 40.8 Å². The highest BCUT2D eigenvalue weighted by Crippen LogP contribution is 2.27. The van der Waals surface area contributed by atoms with Crippen molar-refractivity contribution in [1.82, 2.24) is 10.1 Å². The second-order valence-electron chi connectivity index (χ2n) is 3.04. The van der Waals surface area contributed by atoms with E-state index in [9.17, 15) is 4.79 Å². The Morgan fingerprint density at radius 1 is 1.53 bits per heavy atom. The van der Waals surface area contributed by atoms with E-state index in [0.29, 0.717) is 10.6 Å². The van der Waals surface area contributed by atoms with E-state index in [0.717, 1.165) is 3.57 Å². The summed E-state index contributed by atoms with van der Waals surface area (Å²) >= 11 is 8.15. The first-order chi connectivity index (χ1) is 8.11. The number of carbonyl (C=O) groups is 1. The van der Waals surface area contributed by atoms with Gasteiger partial charge in [-0.1, -0.05) is 16.8 Å². The normalized spacial score (nSPS) is 10.3. The predicted octanol–water partition coefficient (Wildman–Crippen LogP) is 2.78. The zero-order valence-electron chi connectivity index (χ0n) is 8.61. The molecule has 1 heterocycles. The van der Waals surface area contributed by atoms with Gasteiger partial charge in [0, 0.05) is 9.13 Å². The molecule has 0 saturated carbocycles. The second-order valence-corrected chi connectivity index (χ2v) is 4.69. The van der Waals surface area contributed by atoms with Crippen LogP contribution in [0.4, 0.5) is 0 Å². The molecule has 0 spiro atoms. The van der Waals surface area contributed by atoms with E-state index in [4.69, 9.17) is 16.1 Å². The van der Waals surface area contributed by atoms with Crippen molar-refractivity contribution >= 4 is 40.2 Å². The van der Waals surface area contributed by atoms with Gasteiger partial charge in [0.2, 0.25) is 5.82 Å². The molecule has 2 aromatic rings. The third-order valence-corrected chi connectivity index (χ3v) is 2.96. The third-order valence-electron chi connectivity index (χ3n) is 1.96. The van der Waals surface area contributed by atoms with Crippen molar-refractivity contribution in [3.63, 3.8) is 0 Å². The van der Waals surface area contributed by atoms with Crippen LogP contribution < -0.4 is 0 Å². The molecule has 0 radical (unpaired) electrons. The summed E-state index contributed by atoms with van der Waals surface area (Å²) < 4.78 is 10.2. The molecule has 0 atom stereocenters. The van der Waals surface area contributed by atoms with E-state index in [1.165, 1.54) is 7.11 Å². The number of carbonyl (C=O) groups excluding carboxylic acids is 1. The SMILES string of the molecule is COC(=O)c1nc(-c2cc(I)ccc2Cl)no1. The molecule has 0 aliphatic carbocycles. The van der Waals surface area contributed by atoms with Crippen LogP contribution in [0.25, 0.3) is 11.4 Å². The fraction of sp³-hybridized carbons (Fsp3) is 0.100. The van der Waals surface area contributed by atoms with E-state index in [2.05, 4.69) is 37.5 Å². The second kappa shape index (κ2) is 5.01. The summed E-state index contributed by atoms with van der Waals surface area (Å²) in [5, 5.41) is 4.17. The smallest absolute Gasteiger partial charge is 0.397 e. The van der Waals surface area contributed by atoms with Gasteiger partial charge in [-0.3, -0.25) is 0 Å². The number of nitrogens with zero attached hydrogens (tertiary/aromatic N) is 2. The zero-order chi connectivity index (χ0) is 12.4. The van der Waals surface area contributed by atoms with Crippen molar-refractivity contribution in [3.05, 3.63) is 32.7 Å². The van der Waals surface area contributed by atoms with Gasteiger partial charge in [0.15, 0.2) is 0 Å². The molecule has 2 rings (SSSR count). The first kappa shape index (κ1) is 12.3. The molecule has 0 bridgehead atoms. The van der Waals surface area contributed by atoms with Crippen LogP contribution in [0.5, 0.6) is 0 Å². The summed E-state index contributed by atoms with van der Waals surface area (Å²) in [5.74, 6) is -0.614. The average molecular weight is 365 g/mol. The van der Waals surface area contributed by atoms with E-state index in [1.54, 1.807) is 12.1 Å². The molecular weight excluding hydrogens is 358 g/mol. The fourth-order valence-corrected chi connectivity index (χ4v) is 1.87. The van der Waals surface area contributed by atoms with Crippen molar-refractivity contribution in [2.24, 2.45) is 0 Å². The van der Waals surface area contributed by atoms with Crippen LogP contribution in [0.15, 0.2) is 22.7 Å². The highest BCUT2D eigenvalue weighted by atomic mass is 127. The Balaban J connectivity index is 2.43. The van der Waals surface area contributed by atoms with Gasteiger partial charge >= 0.3 is 11.9 Å². The Morgan fingerprint density at radius 2 is 2.29 bits per heavy atom. The molecule has 1 aromatic heterocycles. The lowest BCUT2D eigenvalue weighted by Crippen LogP contribution is -2.01. The van der Waals surface area contributed by atoms with Crippen LogP contribution in [0.1, 0.15) is 10.7 Å². The predicted molar refractivity (Wildman–Crippen MR) is 68.8 cm³/mol. The van der Waals surface area contributed by atoms with E-state index in [1.807, 2.05) is 6.07 Å². The summed E-state index contributed by atoms with van der Waals surface area (Å²) in [6, 6.07) is 5.38. The Morgan fingerprint density at radius 3 is 3.00 bits per heavy atom. The number of methoxy groups -OCH3 is 1. The highest BCUT2D eigenvalue weighted by Gasteiger charge is 2.17. The Labute approximate surface area is 115 Å². The molecule has 17 heavy (non-hydrogen) atoms. The molecule has 7 heteroatoms. The lowest BCUT2D eigenvalue weighted by Gasteiger charge is -1.98. The number of aromatic nitrogens is 2. The first-order valence-electron chi connectivity index (χ1n) is 4.49. The Kier molecular flexibility index (Phi) is 3.63. The topological polar surface area (TPSA) is 65.2 Å². The number of rotatable bonds is 2. The van der Waals surface area contributed by atoms with Gasteiger partial charge in [0.05, 0.1) is 12.1 Å². The van der Waals surface area contributed by atoms with Gasteiger partial charge in [-0.2, -0.15) is 4.98 Å². The minimum Gasteiger partial charge on any atom is -0.462 e. The lowest BCUT2D eigenvalue weighted by molar-refractivity contribution is 0.0545. The first-order valence-corrected chi connectivity index (χ1v) is 5.95. The standard InChI is InChI=1S/C10H6ClIN2O3/c1-16-10(15)9-13-8(14-17-9)6-4-5(12)2-3-7(6)11/h2-4H,1H3. The number of esters is 1. The molecule has 0 amide bonds. The zero-order valence-corrected chi connectivity index (χ0v) is 11.5. The third kappa shape index (κ3) is 2.58. The van der Waals surface area contributed by atoms with Crippen LogP contribution in [0.2, 0.25) is 5.02 Å². The summed E-state index contributed by atoms with van der Waals surface area (Å²) in [4.78, 5) is 15.1. The maximum absolute atomic E-state index is 11.2.